The molecule has 3 aromatic rings. The van der Waals surface area contributed by atoms with Gasteiger partial charge in [-0.25, -0.2) is 4.98 Å². The first-order valence-electron chi connectivity index (χ1n) is 7.21. The summed E-state index contributed by atoms with van der Waals surface area (Å²) in [6, 6.07) is 13.2. The third kappa shape index (κ3) is 3.48. The maximum absolute atomic E-state index is 12.3. The van der Waals surface area contributed by atoms with Crippen molar-refractivity contribution in [3.63, 3.8) is 0 Å². The fourth-order valence-corrected chi connectivity index (χ4v) is 3.01. The Balaban J connectivity index is 1.67. The Morgan fingerprint density at radius 2 is 2.04 bits per heavy atom. The zero-order valence-electron chi connectivity index (χ0n) is 12.9. The van der Waals surface area contributed by atoms with Gasteiger partial charge >= 0.3 is 0 Å². The van der Waals surface area contributed by atoms with E-state index >= 15 is 0 Å². The highest BCUT2D eigenvalue weighted by Crippen LogP contribution is 2.24. The van der Waals surface area contributed by atoms with E-state index in [4.69, 9.17) is 4.74 Å². The van der Waals surface area contributed by atoms with Crippen LogP contribution in [-0.4, -0.2) is 27.7 Å². The molecule has 23 heavy (non-hydrogen) atoms. The zero-order valence-corrected chi connectivity index (χ0v) is 13.7. The van der Waals surface area contributed by atoms with Gasteiger partial charge in [0.15, 0.2) is 5.16 Å². The summed E-state index contributed by atoms with van der Waals surface area (Å²) in [4.78, 5) is 16.7. The number of carbonyl (C=O) groups is 1. The molecule has 6 heteroatoms. The van der Waals surface area contributed by atoms with Crippen molar-refractivity contribution in [1.29, 1.82) is 0 Å². The Bertz CT molecular complexity index is 814. The van der Waals surface area contributed by atoms with Crippen LogP contribution in [0, 0.1) is 0 Å². The quantitative estimate of drug-likeness (QED) is 0.729. The number of rotatable bonds is 5. The molecule has 0 radical (unpaired) electrons. The number of fused-ring (bicyclic) bond motifs is 1. The fourth-order valence-electron chi connectivity index (χ4n) is 2.14. The first-order valence-corrected chi connectivity index (χ1v) is 8.09. The van der Waals surface area contributed by atoms with Gasteiger partial charge in [-0.1, -0.05) is 17.8 Å². The third-order valence-corrected chi connectivity index (χ3v) is 4.49. The summed E-state index contributed by atoms with van der Waals surface area (Å²) in [6.45, 7) is 1.87. The van der Waals surface area contributed by atoms with E-state index < -0.39 is 0 Å². The first kappa shape index (κ1) is 15.4. The summed E-state index contributed by atoms with van der Waals surface area (Å²) in [5, 5.41) is 3.44. The molecule has 0 unspecified atom stereocenters. The average Bonchev–Trinajstić information content (AvgIpc) is 2.98. The minimum atomic E-state index is -0.261. The number of aromatic nitrogens is 2. The third-order valence-electron chi connectivity index (χ3n) is 3.41. The van der Waals surface area contributed by atoms with Gasteiger partial charge < -0.3 is 10.1 Å². The van der Waals surface area contributed by atoms with Crippen LogP contribution in [0.2, 0.25) is 0 Å². The maximum Gasteiger partial charge on any atom is 0.237 e. The van der Waals surface area contributed by atoms with E-state index in [0.717, 1.165) is 22.1 Å². The largest absolute Gasteiger partial charge is 0.497 e. The smallest absolute Gasteiger partial charge is 0.237 e. The normalized spacial score (nSPS) is 12.1. The van der Waals surface area contributed by atoms with Crippen molar-refractivity contribution in [1.82, 2.24) is 9.38 Å². The molecule has 2 heterocycles. The molecule has 118 valence electrons. The second-order valence-electron chi connectivity index (χ2n) is 5.01. The molecule has 0 bridgehead atoms. The fraction of sp³-hybridized carbons (Fsp3) is 0.176. The van der Waals surface area contributed by atoms with Crippen molar-refractivity contribution >= 4 is 28.9 Å². The van der Waals surface area contributed by atoms with E-state index in [-0.39, 0.29) is 11.2 Å². The number of benzene rings is 1. The lowest BCUT2D eigenvalue weighted by Crippen LogP contribution is -2.22. The van der Waals surface area contributed by atoms with Crippen molar-refractivity contribution in [2.45, 2.75) is 17.3 Å². The molecule has 1 N–H and O–H groups in total. The highest BCUT2D eigenvalue weighted by Gasteiger charge is 2.17. The van der Waals surface area contributed by atoms with Gasteiger partial charge in [0.1, 0.15) is 5.75 Å². The Hall–Kier alpha value is -2.47. The number of hydrogen-bond donors (Lipinski definition) is 1. The highest BCUT2D eigenvalue weighted by molar-refractivity contribution is 8.00. The second-order valence-corrected chi connectivity index (χ2v) is 6.32. The Kier molecular flexibility index (Phi) is 4.52. The van der Waals surface area contributed by atoms with Gasteiger partial charge in [-0.3, -0.25) is 9.20 Å². The molecule has 3 rings (SSSR count). The minimum absolute atomic E-state index is 0.0622. The molecule has 5 nitrogen and oxygen atoms in total. The standard InChI is InChI=1S/C17H17N3O2S/c1-12(16(21)19-13-6-8-15(22-2)9-7-13)23-17-18-11-14-5-3-4-10-20(14)17/h3-12H,1-2H3,(H,19,21)/t12-/m0/s1. The lowest BCUT2D eigenvalue weighted by Gasteiger charge is -2.11. The number of methoxy groups -OCH3 is 1. The lowest BCUT2D eigenvalue weighted by molar-refractivity contribution is -0.115. The summed E-state index contributed by atoms with van der Waals surface area (Å²) in [5.41, 5.74) is 1.76. The number of amides is 1. The monoisotopic (exact) mass is 327 g/mol. The van der Waals surface area contributed by atoms with Crippen molar-refractivity contribution in [3.8, 4) is 5.75 Å². The molecule has 0 spiro atoms. The van der Waals surface area contributed by atoms with Crippen molar-refractivity contribution in [2.24, 2.45) is 0 Å². The predicted molar refractivity (Wildman–Crippen MR) is 92.1 cm³/mol. The molecule has 0 aliphatic rings. The maximum atomic E-state index is 12.3. The Labute approximate surface area is 138 Å². The van der Waals surface area contributed by atoms with Gasteiger partial charge in [0, 0.05) is 11.9 Å². The molecule has 2 aromatic heterocycles. The van der Waals surface area contributed by atoms with Gasteiger partial charge in [0.2, 0.25) is 5.91 Å². The van der Waals surface area contributed by atoms with Crippen LogP contribution in [0.15, 0.2) is 60.0 Å². The summed E-state index contributed by atoms with van der Waals surface area (Å²) >= 11 is 1.43. The lowest BCUT2D eigenvalue weighted by atomic mass is 10.3. The summed E-state index contributed by atoms with van der Waals surface area (Å²) in [5.74, 6) is 0.696. The van der Waals surface area contributed by atoms with Crippen LogP contribution in [0.1, 0.15) is 6.92 Å². The molecule has 1 atom stereocenters. The molecule has 0 aliphatic heterocycles. The Morgan fingerprint density at radius 3 is 2.78 bits per heavy atom. The van der Waals surface area contributed by atoms with Crippen molar-refractivity contribution < 1.29 is 9.53 Å². The zero-order chi connectivity index (χ0) is 16.2. The van der Waals surface area contributed by atoms with Crippen LogP contribution in [0.4, 0.5) is 5.69 Å². The van der Waals surface area contributed by atoms with Gasteiger partial charge in [0.25, 0.3) is 0 Å². The highest BCUT2D eigenvalue weighted by atomic mass is 32.2. The summed E-state index contributed by atoms with van der Waals surface area (Å²) < 4.78 is 7.08. The second kappa shape index (κ2) is 6.75. The molecule has 0 saturated heterocycles. The number of anilines is 1. The van der Waals surface area contributed by atoms with E-state index in [2.05, 4.69) is 10.3 Å². The average molecular weight is 327 g/mol. The number of imidazole rings is 1. The number of ether oxygens (including phenoxy) is 1. The number of carbonyl (C=O) groups excluding carboxylic acids is 1. The number of pyridine rings is 1. The van der Waals surface area contributed by atoms with E-state index in [1.54, 1.807) is 13.3 Å². The molecule has 1 aromatic carbocycles. The van der Waals surface area contributed by atoms with Crippen molar-refractivity contribution in [2.75, 3.05) is 12.4 Å². The number of nitrogens with zero attached hydrogens (tertiary/aromatic N) is 2. The molecule has 0 aliphatic carbocycles. The van der Waals surface area contributed by atoms with Crippen LogP contribution in [0.25, 0.3) is 5.52 Å². The van der Waals surface area contributed by atoms with Crippen LogP contribution >= 0.6 is 11.8 Å². The van der Waals surface area contributed by atoms with Gasteiger partial charge in [-0.15, -0.1) is 0 Å². The summed E-state index contributed by atoms with van der Waals surface area (Å²) in [6.07, 6.45) is 3.75. The van der Waals surface area contributed by atoms with Crippen LogP contribution in [0.5, 0.6) is 5.75 Å². The Morgan fingerprint density at radius 1 is 1.26 bits per heavy atom. The number of thioether (sulfide) groups is 1. The molecular formula is C17H17N3O2S. The molecule has 1 amide bonds. The van der Waals surface area contributed by atoms with Crippen molar-refractivity contribution in [3.05, 3.63) is 54.9 Å². The summed E-state index contributed by atoms with van der Waals surface area (Å²) in [7, 11) is 1.61. The van der Waals surface area contributed by atoms with E-state index in [9.17, 15) is 4.79 Å². The number of hydrogen-bond acceptors (Lipinski definition) is 4. The van der Waals surface area contributed by atoms with Gasteiger partial charge in [0.05, 0.1) is 24.1 Å². The first-order chi connectivity index (χ1) is 11.2. The van der Waals surface area contributed by atoms with Gasteiger partial charge in [-0.2, -0.15) is 0 Å². The van der Waals surface area contributed by atoms with Crippen LogP contribution < -0.4 is 10.1 Å². The SMILES string of the molecule is COc1ccc(NC(=O)[C@H](C)Sc2ncc3ccccn23)cc1. The van der Waals surface area contributed by atoms with Crippen LogP contribution in [-0.2, 0) is 4.79 Å². The minimum Gasteiger partial charge on any atom is -0.497 e. The van der Waals surface area contributed by atoms with E-state index in [1.165, 1.54) is 11.8 Å². The number of nitrogens with one attached hydrogen (secondary N) is 1. The van der Waals surface area contributed by atoms with Crippen LogP contribution in [0.3, 0.4) is 0 Å². The topological polar surface area (TPSA) is 55.6 Å². The van der Waals surface area contributed by atoms with E-state index in [0.29, 0.717) is 0 Å². The van der Waals surface area contributed by atoms with E-state index in [1.807, 2.05) is 60.0 Å². The molecule has 0 saturated carbocycles. The van der Waals surface area contributed by atoms with Gasteiger partial charge in [-0.05, 0) is 43.3 Å². The molecule has 0 fully saturated rings. The predicted octanol–water partition coefficient (Wildman–Crippen LogP) is 3.46. The molecular weight excluding hydrogens is 310 g/mol.